The largest absolute Gasteiger partial charge is 0.465 e. The molecule has 10 nitrogen and oxygen atoms in total. The Morgan fingerprint density at radius 3 is 2.46 bits per heavy atom. The van der Waals surface area contributed by atoms with Crippen LogP contribution in [-0.4, -0.2) is 77.2 Å². The number of fused-ring (bicyclic) bond motifs is 1. The molecule has 0 unspecified atom stereocenters. The molecule has 196 valence electrons. The molecule has 1 aliphatic heterocycles. The average Bonchev–Trinajstić information content (AvgIpc) is 2.91. The number of benzene rings is 2. The maximum atomic E-state index is 13.4. The van der Waals surface area contributed by atoms with Gasteiger partial charge in [-0.05, 0) is 36.8 Å². The van der Waals surface area contributed by atoms with Crippen LogP contribution in [0.2, 0.25) is 0 Å². The first kappa shape index (κ1) is 26.5. The van der Waals surface area contributed by atoms with E-state index < -0.39 is 22.0 Å². The molecular formula is C26H29N3O7S. The van der Waals surface area contributed by atoms with Crippen molar-refractivity contribution in [2.24, 2.45) is 0 Å². The fourth-order valence-electron chi connectivity index (χ4n) is 4.26. The first-order chi connectivity index (χ1) is 17.6. The number of para-hydroxylation sites is 1. The minimum absolute atomic E-state index is 0.0311. The van der Waals surface area contributed by atoms with E-state index >= 15 is 0 Å². The lowest BCUT2D eigenvalue weighted by Crippen LogP contribution is -2.37. The summed E-state index contributed by atoms with van der Waals surface area (Å²) in [6, 6.07) is 11.7. The molecular weight excluding hydrogens is 498 g/mol. The van der Waals surface area contributed by atoms with Crippen molar-refractivity contribution >= 4 is 38.6 Å². The van der Waals surface area contributed by atoms with Gasteiger partial charge in [0.05, 0.1) is 53.2 Å². The number of aromatic nitrogens is 1. The van der Waals surface area contributed by atoms with Gasteiger partial charge < -0.3 is 19.1 Å². The predicted molar refractivity (Wildman–Crippen MR) is 137 cm³/mol. The second kappa shape index (κ2) is 10.8. The molecule has 4 rings (SSSR count). The standard InChI is InChI=1S/C26H29N3O7S/c1-17-19-7-5-6-8-21(19)27-22(24(17)26(31)34-4)16-36-25(30)20-15-18(37(32,33)28(2)3)9-10-23(20)29-11-13-35-14-12-29/h5-10,15H,11-14,16H2,1-4H3. The van der Waals surface area contributed by atoms with Crippen LogP contribution in [0.5, 0.6) is 0 Å². The summed E-state index contributed by atoms with van der Waals surface area (Å²) in [4.78, 5) is 32.5. The number of rotatable bonds is 7. The Morgan fingerprint density at radius 2 is 1.78 bits per heavy atom. The highest BCUT2D eigenvalue weighted by molar-refractivity contribution is 7.89. The number of nitrogens with zero attached hydrogens (tertiary/aromatic N) is 3. The second-order valence-corrected chi connectivity index (χ2v) is 10.9. The van der Waals surface area contributed by atoms with Crippen molar-refractivity contribution in [3.05, 3.63) is 64.8 Å². The Kier molecular flexibility index (Phi) is 7.76. The maximum absolute atomic E-state index is 13.4. The third kappa shape index (κ3) is 5.29. The van der Waals surface area contributed by atoms with Crippen LogP contribution in [0.15, 0.2) is 47.4 Å². The molecule has 11 heteroatoms. The van der Waals surface area contributed by atoms with Crippen molar-refractivity contribution in [3.63, 3.8) is 0 Å². The summed E-state index contributed by atoms with van der Waals surface area (Å²) in [5.41, 5.74) is 2.43. The van der Waals surface area contributed by atoms with E-state index in [0.717, 1.165) is 9.69 Å². The van der Waals surface area contributed by atoms with E-state index in [2.05, 4.69) is 4.98 Å². The third-order valence-corrected chi connectivity index (χ3v) is 8.09. The minimum Gasteiger partial charge on any atom is -0.465 e. The number of carbonyl (C=O) groups excluding carboxylic acids is 2. The van der Waals surface area contributed by atoms with Gasteiger partial charge in [-0.15, -0.1) is 0 Å². The molecule has 1 aliphatic rings. The lowest BCUT2D eigenvalue weighted by molar-refractivity contribution is 0.0455. The smallest absolute Gasteiger partial charge is 0.340 e. The van der Waals surface area contributed by atoms with Gasteiger partial charge in [-0.3, -0.25) is 0 Å². The van der Waals surface area contributed by atoms with Gasteiger partial charge in [0.25, 0.3) is 0 Å². The van der Waals surface area contributed by atoms with Crippen LogP contribution in [0.3, 0.4) is 0 Å². The highest BCUT2D eigenvalue weighted by atomic mass is 32.2. The third-order valence-electron chi connectivity index (χ3n) is 6.27. The van der Waals surface area contributed by atoms with Crippen molar-refractivity contribution in [1.29, 1.82) is 0 Å². The Morgan fingerprint density at radius 1 is 1.08 bits per heavy atom. The average molecular weight is 528 g/mol. The molecule has 0 spiro atoms. The van der Waals surface area contributed by atoms with Crippen LogP contribution in [-0.2, 0) is 30.8 Å². The summed E-state index contributed by atoms with van der Waals surface area (Å²) in [6.07, 6.45) is 0. The maximum Gasteiger partial charge on any atom is 0.340 e. The van der Waals surface area contributed by atoms with Gasteiger partial charge in [0, 0.05) is 32.6 Å². The fraction of sp³-hybridized carbons (Fsp3) is 0.346. The fourth-order valence-corrected chi connectivity index (χ4v) is 5.19. The zero-order valence-electron chi connectivity index (χ0n) is 21.2. The molecule has 1 saturated heterocycles. The van der Waals surface area contributed by atoms with Crippen LogP contribution in [0.4, 0.5) is 5.69 Å². The first-order valence-electron chi connectivity index (χ1n) is 11.7. The molecule has 1 aromatic heterocycles. The normalized spacial score (nSPS) is 14.1. The number of methoxy groups -OCH3 is 1. The summed E-state index contributed by atoms with van der Waals surface area (Å²) in [5, 5.41) is 0.786. The molecule has 0 atom stereocenters. The van der Waals surface area contributed by atoms with E-state index in [9.17, 15) is 18.0 Å². The lowest BCUT2D eigenvalue weighted by atomic mass is 10.0. The number of sulfonamides is 1. The molecule has 3 aromatic rings. The summed E-state index contributed by atoms with van der Waals surface area (Å²) in [5.74, 6) is -1.32. The topological polar surface area (TPSA) is 115 Å². The SMILES string of the molecule is COC(=O)c1c(COC(=O)c2cc(S(=O)(=O)N(C)C)ccc2N2CCOCC2)nc2ccccc2c1C. The van der Waals surface area contributed by atoms with Crippen molar-refractivity contribution < 1.29 is 32.2 Å². The van der Waals surface area contributed by atoms with Gasteiger partial charge in [0.1, 0.15) is 6.61 Å². The van der Waals surface area contributed by atoms with Gasteiger partial charge in [0.15, 0.2) is 0 Å². The zero-order valence-corrected chi connectivity index (χ0v) is 22.0. The van der Waals surface area contributed by atoms with Crippen LogP contribution in [0.25, 0.3) is 10.9 Å². The molecule has 1 fully saturated rings. The monoisotopic (exact) mass is 527 g/mol. The number of pyridine rings is 1. The van der Waals surface area contributed by atoms with Crippen molar-refractivity contribution in [2.75, 3.05) is 52.4 Å². The van der Waals surface area contributed by atoms with Gasteiger partial charge in [-0.25, -0.2) is 27.3 Å². The number of aryl methyl sites for hydroxylation is 1. The van der Waals surface area contributed by atoms with Crippen LogP contribution >= 0.6 is 0 Å². The Labute approximate surface area is 215 Å². The van der Waals surface area contributed by atoms with Gasteiger partial charge in [-0.2, -0.15) is 0 Å². The van der Waals surface area contributed by atoms with E-state index in [-0.39, 0.29) is 28.3 Å². The Hall–Kier alpha value is -3.54. The minimum atomic E-state index is -3.79. The van der Waals surface area contributed by atoms with Crippen molar-refractivity contribution in [2.45, 2.75) is 18.4 Å². The molecule has 0 bridgehead atoms. The number of esters is 2. The number of anilines is 1. The van der Waals surface area contributed by atoms with E-state index in [1.165, 1.54) is 33.3 Å². The summed E-state index contributed by atoms with van der Waals surface area (Å²) in [6.45, 7) is 3.52. The molecule has 0 saturated carbocycles. The summed E-state index contributed by atoms with van der Waals surface area (Å²) < 4.78 is 42.6. The summed E-state index contributed by atoms with van der Waals surface area (Å²) >= 11 is 0. The quantitative estimate of drug-likeness (QED) is 0.428. The number of hydrogen-bond acceptors (Lipinski definition) is 9. The highest BCUT2D eigenvalue weighted by Crippen LogP contribution is 2.28. The molecule has 0 N–H and O–H groups in total. The highest BCUT2D eigenvalue weighted by Gasteiger charge is 2.26. The lowest BCUT2D eigenvalue weighted by Gasteiger charge is -2.30. The zero-order chi connectivity index (χ0) is 26.7. The van der Waals surface area contributed by atoms with Crippen LogP contribution < -0.4 is 4.90 Å². The van der Waals surface area contributed by atoms with Crippen LogP contribution in [0, 0.1) is 6.92 Å². The van der Waals surface area contributed by atoms with Gasteiger partial charge >= 0.3 is 11.9 Å². The Bertz CT molecular complexity index is 1450. The predicted octanol–water partition coefficient (Wildman–Crippen LogP) is 2.77. The molecule has 37 heavy (non-hydrogen) atoms. The summed E-state index contributed by atoms with van der Waals surface area (Å²) in [7, 11) is 0.330. The number of hydrogen-bond donors (Lipinski definition) is 0. The van der Waals surface area contributed by atoms with Crippen LogP contribution in [0.1, 0.15) is 32.0 Å². The van der Waals surface area contributed by atoms with E-state index in [1.807, 2.05) is 23.1 Å². The van der Waals surface area contributed by atoms with Crippen molar-refractivity contribution in [3.8, 4) is 0 Å². The number of carbonyl (C=O) groups is 2. The molecule has 2 heterocycles. The van der Waals surface area contributed by atoms with E-state index in [0.29, 0.717) is 43.1 Å². The van der Waals surface area contributed by atoms with E-state index in [4.69, 9.17) is 14.2 Å². The number of morpholine rings is 1. The first-order valence-corrected chi connectivity index (χ1v) is 13.1. The molecule has 0 radical (unpaired) electrons. The molecule has 2 aromatic carbocycles. The molecule has 0 amide bonds. The van der Waals surface area contributed by atoms with Gasteiger partial charge in [-0.1, -0.05) is 18.2 Å². The van der Waals surface area contributed by atoms with Gasteiger partial charge in [0.2, 0.25) is 10.0 Å². The molecule has 0 aliphatic carbocycles. The van der Waals surface area contributed by atoms with Crippen molar-refractivity contribution in [1.82, 2.24) is 9.29 Å². The second-order valence-electron chi connectivity index (χ2n) is 8.71. The Balaban J connectivity index is 1.72. The van der Waals surface area contributed by atoms with E-state index in [1.54, 1.807) is 19.1 Å². The number of ether oxygens (including phenoxy) is 3.